The minimum Gasteiger partial charge on any atom is -0.375 e. The lowest BCUT2D eigenvalue weighted by atomic mass is 9.99. The Bertz CT molecular complexity index is 410. The molecular formula is C11H16N4O2. The van der Waals surface area contributed by atoms with Crippen molar-refractivity contribution in [2.45, 2.75) is 31.8 Å². The summed E-state index contributed by atoms with van der Waals surface area (Å²) in [7, 11) is 0. The maximum Gasteiger partial charge on any atom is 0.310 e. The molecule has 2 heterocycles. The number of pyridine rings is 1. The van der Waals surface area contributed by atoms with E-state index in [0.29, 0.717) is 11.7 Å². The van der Waals surface area contributed by atoms with E-state index in [1.165, 1.54) is 6.20 Å². The number of hydrogen-bond acceptors (Lipinski definition) is 5. The highest BCUT2D eigenvalue weighted by Gasteiger charge is 2.23. The van der Waals surface area contributed by atoms with Crippen molar-refractivity contribution in [3.8, 4) is 0 Å². The fraction of sp³-hybridized carbons (Fsp3) is 0.545. The van der Waals surface area contributed by atoms with E-state index in [0.717, 1.165) is 19.4 Å². The van der Waals surface area contributed by atoms with E-state index >= 15 is 0 Å². The lowest BCUT2D eigenvalue weighted by Gasteiger charge is -2.31. The first-order chi connectivity index (χ1) is 8.18. The molecule has 6 heteroatoms. The van der Waals surface area contributed by atoms with E-state index in [4.69, 9.17) is 0 Å². The molecule has 2 N–H and O–H groups in total. The number of nitrogens with zero attached hydrogens (tertiary/aromatic N) is 2. The molecule has 1 aliphatic heterocycles. The third-order valence-corrected chi connectivity index (χ3v) is 3.10. The summed E-state index contributed by atoms with van der Waals surface area (Å²) in [5.41, 5.74) is 0.579. The van der Waals surface area contributed by atoms with Gasteiger partial charge in [0.1, 0.15) is 11.9 Å². The van der Waals surface area contributed by atoms with Gasteiger partial charge in [-0.15, -0.1) is 0 Å². The smallest absolute Gasteiger partial charge is 0.310 e. The van der Waals surface area contributed by atoms with E-state index < -0.39 is 4.92 Å². The van der Waals surface area contributed by atoms with Crippen LogP contribution in [0.25, 0.3) is 0 Å². The highest BCUT2D eigenvalue weighted by molar-refractivity contribution is 5.60. The Morgan fingerprint density at radius 1 is 1.65 bits per heavy atom. The monoisotopic (exact) mass is 236 g/mol. The van der Waals surface area contributed by atoms with E-state index in [1.54, 1.807) is 12.3 Å². The van der Waals surface area contributed by atoms with Crippen molar-refractivity contribution in [1.82, 2.24) is 10.3 Å². The van der Waals surface area contributed by atoms with Crippen LogP contribution in [0.5, 0.6) is 0 Å². The van der Waals surface area contributed by atoms with Crippen molar-refractivity contribution in [3.05, 3.63) is 28.6 Å². The number of aromatic nitrogens is 1. The number of hydrogen-bond donors (Lipinski definition) is 2. The molecule has 0 bridgehead atoms. The predicted octanol–water partition coefficient (Wildman–Crippen LogP) is 1.54. The van der Waals surface area contributed by atoms with Crippen LogP contribution >= 0.6 is 0 Å². The van der Waals surface area contributed by atoms with E-state index in [2.05, 4.69) is 22.5 Å². The Labute approximate surface area is 99.6 Å². The standard InChI is InChI=1S/C11H16N4O2/c1-8-9(3-2-5-13-8)14-10-4-6-12-7-11(10)15(16)17/h4,6-9,13H,2-3,5H2,1H3,(H,12,14). The molecule has 1 aromatic rings. The Hall–Kier alpha value is -1.69. The van der Waals surface area contributed by atoms with Gasteiger partial charge in [0, 0.05) is 18.3 Å². The first kappa shape index (κ1) is 11.8. The first-order valence-electron chi connectivity index (χ1n) is 5.77. The fourth-order valence-electron chi connectivity index (χ4n) is 2.09. The number of nitro groups is 1. The molecule has 1 fully saturated rings. The van der Waals surface area contributed by atoms with Crippen LogP contribution in [0.3, 0.4) is 0 Å². The van der Waals surface area contributed by atoms with Crippen LogP contribution in [0.15, 0.2) is 18.5 Å². The van der Waals surface area contributed by atoms with Crippen LogP contribution < -0.4 is 10.6 Å². The van der Waals surface area contributed by atoms with Gasteiger partial charge in [-0.1, -0.05) is 0 Å². The molecular weight excluding hydrogens is 220 g/mol. The van der Waals surface area contributed by atoms with Gasteiger partial charge in [0.25, 0.3) is 0 Å². The second-order valence-electron chi connectivity index (χ2n) is 4.29. The van der Waals surface area contributed by atoms with Crippen molar-refractivity contribution < 1.29 is 4.92 Å². The molecule has 1 aromatic heterocycles. The maximum atomic E-state index is 10.9. The van der Waals surface area contributed by atoms with E-state index in [-0.39, 0.29) is 11.7 Å². The van der Waals surface area contributed by atoms with Crippen molar-refractivity contribution >= 4 is 11.4 Å². The third-order valence-electron chi connectivity index (χ3n) is 3.10. The molecule has 0 radical (unpaired) electrons. The molecule has 0 aliphatic carbocycles. The molecule has 17 heavy (non-hydrogen) atoms. The molecule has 92 valence electrons. The summed E-state index contributed by atoms with van der Waals surface area (Å²) in [4.78, 5) is 14.2. The van der Waals surface area contributed by atoms with Crippen LogP contribution in [-0.4, -0.2) is 28.5 Å². The number of rotatable bonds is 3. The average molecular weight is 236 g/mol. The van der Waals surface area contributed by atoms with Crippen molar-refractivity contribution in [1.29, 1.82) is 0 Å². The first-order valence-corrected chi connectivity index (χ1v) is 5.77. The van der Waals surface area contributed by atoms with E-state index in [1.807, 2.05) is 0 Å². The normalized spacial score (nSPS) is 24.3. The van der Waals surface area contributed by atoms with Crippen LogP contribution in [0, 0.1) is 10.1 Å². The topological polar surface area (TPSA) is 80.1 Å². The number of nitrogens with one attached hydrogen (secondary N) is 2. The maximum absolute atomic E-state index is 10.9. The zero-order valence-corrected chi connectivity index (χ0v) is 9.72. The van der Waals surface area contributed by atoms with Gasteiger partial charge in [-0.3, -0.25) is 15.1 Å². The van der Waals surface area contributed by atoms with Crippen molar-refractivity contribution in [3.63, 3.8) is 0 Å². The van der Waals surface area contributed by atoms with Gasteiger partial charge < -0.3 is 10.6 Å². The Balaban J connectivity index is 2.14. The molecule has 0 aromatic carbocycles. The van der Waals surface area contributed by atoms with Gasteiger partial charge in [-0.05, 0) is 32.4 Å². The van der Waals surface area contributed by atoms with Gasteiger partial charge in [0.05, 0.1) is 4.92 Å². The second-order valence-corrected chi connectivity index (χ2v) is 4.29. The zero-order chi connectivity index (χ0) is 12.3. The molecule has 6 nitrogen and oxygen atoms in total. The SMILES string of the molecule is CC1NCCCC1Nc1ccncc1[N+](=O)[O-]. The Morgan fingerprint density at radius 3 is 3.18 bits per heavy atom. The molecule has 0 saturated carbocycles. The Kier molecular flexibility index (Phi) is 3.53. The molecule has 0 amide bonds. The highest BCUT2D eigenvalue weighted by Crippen LogP contribution is 2.24. The second kappa shape index (κ2) is 5.09. The Morgan fingerprint density at radius 2 is 2.47 bits per heavy atom. The van der Waals surface area contributed by atoms with Gasteiger partial charge >= 0.3 is 5.69 Å². The molecule has 0 spiro atoms. The summed E-state index contributed by atoms with van der Waals surface area (Å²) in [5, 5.41) is 17.4. The van der Waals surface area contributed by atoms with Crippen LogP contribution in [0.2, 0.25) is 0 Å². The summed E-state index contributed by atoms with van der Waals surface area (Å²) < 4.78 is 0. The molecule has 2 atom stereocenters. The fourth-order valence-corrected chi connectivity index (χ4v) is 2.09. The lowest BCUT2D eigenvalue weighted by molar-refractivity contribution is -0.384. The predicted molar refractivity (Wildman–Crippen MR) is 65.0 cm³/mol. The van der Waals surface area contributed by atoms with Crippen LogP contribution in [0.4, 0.5) is 11.4 Å². The minimum absolute atomic E-state index is 0.0327. The summed E-state index contributed by atoms with van der Waals surface area (Å²) in [6, 6.07) is 2.20. The lowest BCUT2D eigenvalue weighted by Crippen LogP contribution is -2.46. The van der Waals surface area contributed by atoms with Gasteiger partial charge in [-0.25, -0.2) is 0 Å². The zero-order valence-electron chi connectivity index (χ0n) is 9.72. The summed E-state index contributed by atoms with van der Waals surface area (Å²) in [6.45, 7) is 3.10. The van der Waals surface area contributed by atoms with Crippen LogP contribution in [-0.2, 0) is 0 Å². The summed E-state index contributed by atoms with van der Waals surface area (Å²) in [6.07, 6.45) is 4.95. The summed E-state index contributed by atoms with van der Waals surface area (Å²) >= 11 is 0. The van der Waals surface area contributed by atoms with Crippen molar-refractivity contribution in [2.24, 2.45) is 0 Å². The largest absolute Gasteiger partial charge is 0.375 e. The molecule has 1 saturated heterocycles. The van der Waals surface area contributed by atoms with Crippen LogP contribution in [0.1, 0.15) is 19.8 Å². The number of piperidine rings is 1. The quantitative estimate of drug-likeness (QED) is 0.614. The summed E-state index contributed by atoms with van der Waals surface area (Å²) in [5.74, 6) is 0. The highest BCUT2D eigenvalue weighted by atomic mass is 16.6. The molecule has 2 unspecified atom stereocenters. The molecule has 2 rings (SSSR count). The third kappa shape index (κ3) is 2.71. The molecule has 1 aliphatic rings. The van der Waals surface area contributed by atoms with Gasteiger partial charge in [-0.2, -0.15) is 0 Å². The van der Waals surface area contributed by atoms with Gasteiger partial charge in [0.15, 0.2) is 0 Å². The average Bonchev–Trinajstić information content (AvgIpc) is 2.32. The van der Waals surface area contributed by atoms with Gasteiger partial charge in [0.2, 0.25) is 0 Å². The van der Waals surface area contributed by atoms with E-state index in [9.17, 15) is 10.1 Å². The number of anilines is 1. The van der Waals surface area contributed by atoms with Crippen molar-refractivity contribution in [2.75, 3.05) is 11.9 Å². The minimum atomic E-state index is -0.406.